The molecule has 0 unspecified atom stereocenters. The Morgan fingerprint density at radius 3 is 2.47 bits per heavy atom. The molecule has 92 valence electrons. The number of thioether (sulfide) groups is 1. The van der Waals surface area contributed by atoms with Gasteiger partial charge in [0.1, 0.15) is 0 Å². The van der Waals surface area contributed by atoms with Gasteiger partial charge in [0.05, 0.1) is 5.41 Å². The molecule has 1 aromatic carbocycles. The first-order valence-electron chi connectivity index (χ1n) is 5.34. The lowest BCUT2D eigenvalue weighted by Crippen LogP contribution is -2.42. The van der Waals surface area contributed by atoms with Gasteiger partial charge in [0.25, 0.3) is 5.76 Å². The van der Waals surface area contributed by atoms with Crippen LogP contribution in [0.2, 0.25) is 0 Å². The van der Waals surface area contributed by atoms with Gasteiger partial charge in [-0.3, -0.25) is 4.79 Å². The fraction of sp³-hybridized carbons (Fsp3) is 0.417. The number of carbonyl (C=O) groups is 1. The van der Waals surface area contributed by atoms with Crippen molar-refractivity contribution < 1.29 is 18.7 Å². The summed E-state index contributed by atoms with van der Waals surface area (Å²) in [5, 5.41) is 9.30. The van der Waals surface area contributed by atoms with Gasteiger partial charge < -0.3 is 5.11 Å². The number of alkyl halides is 2. The third-order valence-electron chi connectivity index (χ3n) is 3.24. The van der Waals surface area contributed by atoms with Crippen LogP contribution in [0.25, 0.3) is 0 Å². The highest BCUT2D eigenvalue weighted by Crippen LogP contribution is 2.47. The molecule has 0 atom stereocenters. The van der Waals surface area contributed by atoms with Gasteiger partial charge in [0, 0.05) is 4.90 Å². The molecule has 1 N–H and O–H groups in total. The molecule has 0 bridgehead atoms. The first kappa shape index (κ1) is 12.4. The van der Waals surface area contributed by atoms with Crippen molar-refractivity contribution in [1.82, 2.24) is 0 Å². The zero-order valence-electron chi connectivity index (χ0n) is 9.03. The summed E-state index contributed by atoms with van der Waals surface area (Å²) in [6, 6.07) is 6.57. The van der Waals surface area contributed by atoms with E-state index in [0.717, 1.165) is 6.42 Å². The van der Waals surface area contributed by atoms with Crippen LogP contribution in [0.4, 0.5) is 8.78 Å². The topological polar surface area (TPSA) is 37.3 Å². The summed E-state index contributed by atoms with van der Waals surface area (Å²) < 4.78 is 24.9. The van der Waals surface area contributed by atoms with E-state index in [1.54, 1.807) is 24.3 Å². The quantitative estimate of drug-likeness (QED) is 0.840. The smallest absolute Gasteiger partial charge is 0.314 e. The van der Waals surface area contributed by atoms with Gasteiger partial charge in [-0.05, 0) is 24.5 Å². The standard InChI is InChI=1S/C12H12F2O2S/c13-11(14)17-9-5-2-1-4-8(9)12(10(15)16)6-3-7-12/h1-2,4-5,11H,3,6-7H2,(H,15,16). The zero-order chi connectivity index (χ0) is 12.5. The molecule has 1 aliphatic carbocycles. The number of rotatable bonds is 4. The maximum absolute atomic E-state index is 12.4. The summed E-state index contributed by atoms with van der Waals surface area (Å²) in [5.41, 5.74) is -0.414. The van der Waals surface area contributed by atoms with Gasteiger partial charge in [0.15, 0.2) is 0 Å². The van der Waals surface area contributed by atoms with E-state index in [4.69, 9.17) is 0 Å². The molecular formula is C12H12F2O2S. The molecule has 0 heterocycles. The second kappa shape index (κ2) is 4.64. The van der Waals surface area contributed by atoms with Crippen molar-refractivity contribution in [2.24, 2.45) is 0 Å². The summed E-state index contributed by atoms with van der Waals surface area (Å²) >= 11 is 0.422. The Balaban J connectivity index is 2.40. The van der Waals surface area contributed by atoms with Gasteiger partial charge >= 0.3 is 5.97 Å². The van der Waals surface area contributed by atoms with Crippen LogP contribution in [-0.2, 0) is 10.2 Å². The molecule has 0 spiro atoms. The molecule has 5 heteroatoms. The van der Waals surface area contributed by atoms with Crippen LogP contribution in [-0.4, -0.2) is 16.8 Å². The Kier molecular flexibility index (Phi) is 3.38. The van der Waals surface area contributed by atoms with Crippen LogP contribution in [0.1, 0.15) is 24.8 Å². The number of hydrogen-bond acceptors (Lipinski definition) is 2. The fourth-order valence-corrected chi connectivity index (χ4v) is 2.93. The minimum atomic E-state index is -2.53. The van der Waals surface area contributed by atoms with E-state index in [0.29, 0.717) is 35.1 Å². The average Bonchev–Trinajstić information content (AvgIpc) is 2.17. The Morgan fingerprint density at radius 2 is 2.00 bits per heavy atom. The highest BCUT2D eigenvalue weighted by atomic mass is 32.2. The Morgan fingerprint density at radius 1 is 1.35 bits per heavy atom. The van der Waals surface area contributed by atoms with Crippen molar-refractivity contribution in [2.45, 2.75) is 35.3 Å². The molecule has 0 radical (unpaired) electrons. The predicted molar refractivity (Wildman–Crippen MR) is 61.5 cm³/mol. The predicted octanol–water partition coefficient (Wildman–Crippen LogP) is 3.51. The summed E-state index contributed by atoms with van der Waals surface area (Å²) in [5.74, 6) is -3.44. The van der Waals surface area contributed by atoms with Crippen LogP contribution in [0.3, 0.4) is 0 Å². The number of carboxylic acids is 1. The second-order valence-corrected chi connectivity index (χ2v) is 5.15. The lowest BCUT2D eigenvalue weighted by atomic mass is 9.64. The molecule has 0 saturated heterocycles. The first-order chi connectivity index (χ1) is 8.06. The number of aliphatic carboxylic acids is 1. The van der Waals surface area contributed by atoms with Gasteiger partial charge in [0.2, 0.25) is 0 Å². The average molecular weight is 258 g/mol. The van der Waals surface area contributed by atoms with Gasteiger partial charge in [-0.25, -0.2) is 0 Å². The highest BCUT2D eigenvalue weighted by Gasteiger charge is 2.47. The molecule has 1 saturated carbocycles. The third kappa shape index (κ3) is 2.16. The Hall–Kier alpha value is -1.10. The number of halogens is 2. The van der Waals surface area contributed by atoms with Crippen molar-refractivity contribution in [3.05, 3.63) is 29.8 Å². The second-order valence-electron chi connectivity index (χ2n) is 4.12. The number of hydrogen-bond donors (Lipinski definition) is 1. The summed E-state index contributed by atoms with van der Waals surface area (Å²) in [6.45, 7) is 0. The molecule has 1 fully saturated rings. The lowest BCUT2D eigenvalue weighted by molar-refractivity contribution is -0.147. The van der Waals surface area contributed by atoms with E-state index in [1.807, 2.05) is 0 Å². The molecule has 2 nitrogen and oxygen atoms in total. The molecule has 1 aliphatic rings. The Labute approximate surface area is 102 Å². The van der Waals surface area contributed by atoms with E-state index >= 15 is 0 Å². The zero-order valence-corrected chi connectivity index (χ0v) is 9.84. The van der Waals surface area contributed by atoms with Crippen molar-refractivity contribution in [1.29, 1.82) is 0 Å². The van der Waals surface area contributed by atoms with Crippen molar-refractivity contribution >= 4 is 17.7 Å². The first-order valence-corrected chi connectivity index (χ1v) is 6.22. The van der Waals surface area contributed by atoms with Crippen molar-refractivity contribution in [2.75, 3.05) is 0 Å². The van der Waals surface area contributed by atoms with Crippen LogP contribution in [0, 0.1) is 0 Å². The fourth-order valence-electron chi connectivity index (χ4n) is 2.19. The van der Waals surface area contributed by atoms with Crippen molar-refractivity contribution in [3.63, 3.8) is 0 Å². The number of benzene rings is 1. The summed E-state index contributed by atoms with van der Waals surface area (Å²) in [7, 11) is 0. The van der Waals surface area contributed by atoms with Crippen molar-refractivity contribution in [3.8, 4) is 0 Å². The maximum Gasteiger partial charge on any atom is 0.314 e. The van der Waals surface area contributed by atoms with Gasteiger partial charge in [-0.1, -0.05) is 36.4 Å². The van der Waals surface area contributed by atoms with Crippen LogP contribution in [0.15, 0.2) is 29.2 Å². The molecular weight excluding hydrogens is 246 g/mol. The Bertz CT molecular complexity index is 430. The molecule has 17 heavy (non-hydrogen) atoms. The molecule has 1 aromatic rings. The van der Waals surface area contributed by atoms with Gasteiger partial charge in [-0.15, -0.1) is 0 Å². The number of carboxylic acid groups (broad SMARTS) is 1. The van der Waals surface area contributed by atoms with Crippen LogP contribution in [0.5, 0.6) is 0 Å². The van der Waals surface area contributed by atoms with Crippen LogP contribution < -0.4 is 0 Å². The van der Waals surface area contributed by atoms with E-state index in [-0.39, 0.29) is 0 Å². The SMILES string of the molecule is O=C(O)C1(c2ccccc2SC(F)F)CCC1. The molecule has 0 amide bonds. The third-order valence-corrected chi connectivity index (χ3v) is 4.02. The minimum absolute atomic E-state index is 0.379. The molecule has 0 aliphatic heterocycles. The molecule has 2 rings (SSSR count). The van der Waals surface area contributed by atoms with Gasteiger partial charge in [-0.2, -0.15) is 8.78 Å². The van der Waals surface area contributed by atoms with E-state index in [1.165, 1.54) is 0 Å². The minimum Gasteiger partial charge on any atom is -0.481 e. The monoisotopic (exact) mass is 258 g/mol. The largest absolute Gasteiger partial charge is 0.481 e. The van der Waals surface area contributed by atoms with Crippen LogP contribution >= 0.6 is 11.8 Å². The lowest BCUT2D eigenvalue weighted by Gasteiger charge is -2.39. The van der Waals surface area contributed by atoms with E-state index in [9.17, 15) is 18.7 Å². The highest BCUT2D eigenvalue weighted by molar-refractivity contribution is 7.99. The normalized spacial score (nSPS) is 17.8. The maximum atomic E-state index is 12.4. The van der Waals surface area contributed by atoms with E-state index < -0.39 is 17.1 Å². The molecule has 0 aromatic heterocycles. The summed E-state index contributed by atoms with van der Waals surface area (Å²) in [4.78, 5) is 11.7. The summed E-state index contributed by atoms with van der Waals surface area (Å²) in [6.07, 6.45) is 1.90. The van der Waals surface area contributed by atoms with E-state index in [2.05, 4.69) is 0 Å².